The maximum Gasteiger partial charge on any atom is 0.175 e. The number of aromatic nitrogens is 4. The third-order valence-electron chi connectivity index (χ3n) is 3.63. The summed E-state index contributed by atoms with van der Waals surface area (Å²) in [6, 6.07) is 9.07. The molecule has 3 heterocycles. The number of nitrogens with zero attached hydrogens (tertiary/aromatic N) is 4. The third kappa shape index (κ3) is 5.95. The van der Waals surface area contributed by atoms with E-state index in [1.165, 1.54) is 0 Å². The molecule has 6 nitrogen and oxygen atoms in total. The molecular weight excluding hydrogens is 384 g/mol. The average Bonchev–Trinajstić information content (AvgIpc) is 3.01. The zero-order valence-corrected chi connectivity index (χ0v) is 17.2. The van der Waals surface area contributed by atoms with Gasteiger partial charge in [-0.1, -0.05) is 17.7 Å². The van der Waals surface area contributed by atoms with E-state index in [0.29, 0.717) is 35.7 Å². The van der Waals surface area contributed by atoms with Gasteiger partial charge in [-0.15, -0.1) is 0 Å². The van der Waals surface area contributed by atoms with Gasteiger partial charge in [0.25, 0.3) is 0 Å². The van der Waals surface area contributed by atoms with Gasteiger partial charge in [-0.05, 0) is 37.0 Å². The van der Waals surface area contributed by atoms with Crippen LogP contribution in [0.15, 0.2) is 48.9 Å². The lowest BCUT2D eigenvalue weighted by atomic mass is 10.2. The molecule has 3 aromatic rings. The van der Waals surface area contributed by atoms with Crippen LogP contribution < -0.4 is 4.74 Å². The standard InChI is InChI=1S/C19H23ClN4O2S/c1-27(2,3)11-10-25-14-24-13-17(26-15-7-9-22-18(20)12-15)19(23-24)16-6-4-5-8-21-16/h4-9,12-13H,10-11,14H2,1-3H3. The molecule has 3 aromatic heterocycles. The van der Waals surface area contributed by atoms with E-state index in [-0.39, 0.29) is 0 Å². The summed E-state index contributed by atoms with van der Waals surface area (Å²) in [6.45, 7) is 1.06. The molecule has 0 N–H and O–H groups in total. The van der Waals surface area contributed by atoms with Crippen molar-refractivity contribution in [1.29, 1.82) is 0 Å². The Labute approximate surface area is 165 Å². The molecule has 144 valence electrons. The topological polar surface area (TPSA) is 62.1 Å². The van der Waals surface area contributed by atoms with E-state index in [9.17, 15) is 0 Å². The predicted octanol–water partition coefficient (Wildman–Crippen LogP) is 4.45. The van der Waals surface area contributed by atoms with E-state index in [2.05, 4.69) is 33.8 Å². The Bertz CT molecular complexity index is 881. The van der Waals surface area contributed by atoms with E-state index in [4.69, 9.17) is 21.1 Å². The summed E-state index contributed by atoms with van der Waals surface area (Å²) in [4.78, 5) is 8.35. The fourth-order valence-corrected chi connectivity index (χ4v) is 3.05. The minimum Gasteiger partial charge on any atom is -0.453 e. The fraction of sp³-hybridized carbons (Fsp3) is 0.316. The van der Waals surface area contributed by atoms with Gasteiger partial charge in [0, 0.05) is 24.2 Å². The summed E-state index contributed by atoms with van der Waals surface area (Å²) in [6.07, 6.45) is 12.0. The first-order valence-electron chi connectivity index (χ1n) is 8.43. The van der Waals surface area contributed by atoms with Gasteiger partial charge in [0.2, 0.25) is 0 Å². The van der Waals surface area contributed by atoms with E-state index in [0.717, 1.165) is 11.4 Å². The molecule has 0 bridgehead atoms. The third-order valence-corrected chi connectivity index (χ3v) is 5.22. The number of hydrogen-bond acceptors (Lipinski definition) is 5. The minimum absolute atomic E-state index is 0.357. The zero-order chi connectivity index (χ0) is 19.3. The molecule has 0 aliphatic rings. The van der Waals surface area contributed by atoms with E-state index in [1.807, 2.05) is 24.4 Å². The molecular formula is C19H23ClN4O2S. The molecule has 0 aliphatic carbocycles. The van der Waals surface area contributed by atoms with Crippen molar-refractivity contribution in [2.24, 2.45) is 0 Å². The summed E-state index contributed by atoms with van der Waals surface area (Å²) in [5, 5.41) is 4.96. The molecule has 0 amide bonds. The second-order valence-electron chi connectivity index (χ2n) is 6.84. The molecule has 0 aromatic carbocycles. The predicted molar refractivity (Wildman–Crippen MR) is 111 cm³/mol. The molecule has 27 heavy (non-hydrogen) atoms. The van der Waals surface area contributed by atoms with Gasteiger partial charge in [-0.25, -0.2) is 19.7 Å². The highest BCUT2D eigenvalue weighted by atomic mass is 35.5. The van der Waals surface area contributed by atoms with Gasteiger partial charge in [0.15, 0.2) is 11.4 Å². The number of halogens is 1. The Morgan fingerprint density at radius 3 is 2.67 bits per heavy atom. The van der Waals surface area contributed by atoms with E-state index < -0.39 is 10.0 Å². The van der Waals surface area contributed by atoms with Crippen molar-refractivity contribution in [3.63, 3.8) is 0 Å². The van der Waals surface area contributed by atoms with Crippen molar-refractivity contribution in [3.05, 3.63) is 54.1 Å². The molecule has 0 saturated heterocycles. The van der Waals surface area contributed by atoms with E-state index >= 15 is 0 Å². The largest absolute Gasteiger partial charge is 0.453 e. The molecule has 0 radical (unpaired) electrons. The van der Waals surface area contributed by atoms with Crippen LogP contribution in [-0.2, 0) is 11.5 Å². The van der Waals surface area contributed by atoms with Crippen molar-refractivity contribution in [3.8, 4) is 22.9 Å². The molecule has 0 atom stereocenters. The van der Waals surface area contributed by atoms with Crippen molar-refractivity contribution >= 4 is 21.6 Å². The fourth-order valence-electron chi connectivity index (χ4n) is 2.27. The lowest BCUT2D eigenvalue weighted by Crippen LogP contribution is -2.10. The normalized spacial score (nSPS) is 12.1. The Morgan fingerprint density at radius 1 is 1.11 bits per heavy atom. The van der Waals surface area contributed by atoms with Crippen molar-refractivity contribution in [2.75, 3.05) is 31.1 Å². The quantitative estimate of drug-likeness (QED) is 0.408. The van der Waals surface area contributed by atoms with Gasteiger partial charge in [0.05, 0.1) is 18.5 Å². The second kappa shape index (κ2) is 8.73. The first-order chi connectivity index (χ1) is 12.9. The Morgan fingerprint density at radius 2 is 1.96 bits per heavy atom. The van der Waals surface area contributed by atoms with Crippen molar-refractivity contribution in [1.82, 2.24) is 19.7 Å². The van der Waals surface area contributed by atoms with Crippen LogP contribution in [0.5, 0.6) is 11.5 Å². The Kier molecular flexibility index (Phi) is 6.36. The highest BCUT2D eigenvalue weighted by Gasteiger charge is 2.15. The Balaban J connectivity index is 1.79. The van der Waals surface area contributed by atoms with Crippen LogP contribution in [0.25, 0.3) is 11.4 Å². The average molecular weight is 407 g/mol. The molecule has 0 fully saturated rings. The van der Waals surface area contributed by atoms with Crippen LogP contribution in [0.3, 0.4) is 0 Å². The van der Waals surface area contributed by atoms with Crippen LogP contribution in [0.4, 0.5) is 0 Å². The molecule has 0 spiro atoms. The van der Waals surface area contributed by atoms with Crippen molar-refractivity contribution in [2.45, 2.75) is 6.73 Å². The van der Waals surface area contributed by atoms with Gasteiger partial charge >= 0.3 is 0 Å². The maximum absolute atomic E-state index is 5.99. The molecule has 3 rings (SSSR count). The summed E-state index contributed by atoms with van der Waals surface area (Å²) >= 11 is 5.95. The maximum atomic E-state index is 5.99. The van der Waals surface area contributed by atoms with Gasteiger partial charge in [-0.2, -0.15) is 5.10 Å². The first-order valence-corrected chi connectivity index (χ1v) is 11.8. The van der Waals surface area contributed by atoms with Gasteiger partial charge in [0.1, 0.15) is 17.6 Å². The number of rotatable bonds is 8. The van der Waals surface area contributed by atoms with Gasteiger partial charge in [-0.3, -0.25) is 4.98 Å². The molecule has 0 saturated carbocycles. The van der Waals surface area contributed by atoms with E-state index in [1.54, 1.807) is 29.2 Å². The van der Waals surface area contributed by atoms with Crippen molar-refractivity contribution < 1.29 is 9.47 Å². The lowest BCUT2D eigenvalue weighted by Gasteiger charge is -2.24. The highest BCUT2D eigenvalue weighted by molar-refractivity contribution is 8.32. The molecule has 0 aliphatic heterocycles. The number of hydrogen-bond donors (Lipinski definition) is 0. The summed E-state index contributed by atoms with van der Waals surface area (Å²) < 4.78 is 13.5. The lowest BCUT2D eigenvalue weighted by molar-refractivity contribution is 0.0809. The molecule has 0 unspecified atom stereocenters. The molecule has 8 heteroatoms. The first kappa shape index (κ1) is 19.7. The van der Waals surface area contributed by atoms with Crippen LogP contribution in [0, 0.1) is 0 Å². The zero-order valence-electron chi connectivity index (χ0n) is 15.6. The summed E-state index contributed by atoms with van der Waals surface area (Å²) in [5.41, 5.74) is 1.37. The SMILES string of the molecule is CS(C)(C)CCOCn1cc(Oc2ccnc(Cl)c2)c(-c2ccccn2)n1. The second-order valence-corrected chi connectivity index (χ2v) is 11.8. The smallest absolute Gasteiger partial charge is 0.175 e. The number of ether oxygens (including phenoxy) is 2. The Hall–Kier alpha value is -2.09. The van der Waals surface area contributed by atoms with Crippen LogP contribution >= 0.6 is 21.6 Å². The summed E-state index contributed by atoms with van der Waals surface area (Å²) in [7, 11) is -0.577. The van der Waals surface area contributed by atoms with Gasteiger partial charge < -0.3 is 9.47 Å². The minimum atomic E-state index is -0.577. The number of pyridine rings is 2. The van der Waals surface area contributed by atoms with Crippen LogP contribution in [-0.4, -0.2) is 50.9 Å². The van der Waals surface area contributed by atoms with Crippen LogP contribution in [0.2, 0.25) is 5.15 Å². The van der Waals surface area contributed by atoms with Crippen LogP contribution in [0.1, 0.15) is 0 Å². The monoisotopic (exact) mass is 406 g/mol. The summed E-state index contributed by atoms with van der Waals surface area (Å²) in [5.74, 6) is 2.23. The highest BCUT2D eigenvalue weighted by Crippen LogP contribution is 2.34.